The second-order valence-corrected chi connectivity index (χ2v) is 25.5. The number of Topliss-reactive ketones (excluding diaryl/α,β-unsaturated/α-hetero) is 1. The van der Waals surface area contributed by atoms with Crippen LogP contribution in [-0.4, -0.2) is 136 Å². The van der Waals surface area contributed by atoms with Gasteiger partial charge in [-0.1, -0.05) is 86.1 Å². The van der Waals surface area contributed by atoms with Crippen LogP contribution in [0.2, 0.25) is 0 Å². The Balaban J connectivity index is 0. The molecule has 3 amide bonds. The van der Waals surface area contributed by atoms with Gasteiger partial charge in [-0.25, -0.2) is 14.4 Å². The molecule has 2 aliphatic heterocycles. The Morgan fingerprint density at radius 1 is 0.609 bits per heavy atom. The number of pyridine rings is 2. The van der Waals surface area contributed by atoms with Gasteiger partial charge in [-0.15, -0.1) is 0 Å². The fourth-order valence-corrected chi connectivity index (χ4v) is 9.47. The standard InChI is InChI=1S/C33H47N2O6.C17H26N2O4.C15H20ClNO2.2CO2.2HI.Na/c1-24(25-14-9-8-10-15-25)28-17-11-12-19-35(28)31(38)39-23-34-18-13-16-26(21-34)29(36)20-27(22-40-32(2,3)4)30(37)41-33(5,6)7;1-16(2,3)22-11-13(15(21)23-17(4,5)6)19-14(20)12-8-7-9-18-10-12;1-12(13-7-3-2-4-8-13)14-9-5-6-10-17(14)15(18)19-11-16;2*2-1-3;;;/h8-10,13-16,18,21,24,27-28H,11-12,17,19-20,22-23H2,1-7H3;7-10,13H,11H2,1-6H3,(H,19,20);2-4,7-8,12,14H,5-6,9-11H2,1H3;;;2*1H;/q+1;;;;;;;+1/p-2/t24-,27+,28?;13-;12-,14?;;;;;/m101...../s1. The molecule has 25 heteroatoms. The van der Waals surface area contributed by atoms with Crippen molar-refractivity contribution in [3.05, 3.63) is 132 Å². The predicted molar refractivity (Wildman–Crippen MR) is 330 cm³/mol. The van der Waals surface area contributed by atoms with Gasteiger partial charge in [0.05, 0.1) is 41.5 Å². The molecule has 0 bridgehead atoms. The molecule has 2 unspecified atom stereocenters. The summed E-state index contributed by atoms with van der Waals surface area (Å²) in [6.45, 7) is 27.9. The van der Waals surface area contributed by atoms with Gasteiger partial charge in [-0.05, 0) is 151 Å². The number of nitrogens with zero attached hydrogens (tertiary/aromatic N) is 4. The number of amides is 3. The molecule has 0 saturated carbocycles. The van der Waals surface area contributed by atoms with Crippen molar-refractivity contribution < 1.29 is 158 Å². The van der Waals surface area contributed by atoms with Crippen LogP contribution in [0.1, 0.15) is 186 Å². The molecule has 4 aromatic rings. The van der Waals surface area contributed by atoms with Crippen LogP contribution in [0.15, 0.2) is 110 Å². The Labute approximate surface area is 604 Å². The van der Waals surface area contributed by atoms with Crippen molar-refractivity contribution in [3.63, 3.8) is 0 Å². The van der Waals surface area contributed by atoms with Crippen LogP contribution in [0.5, 0.6) is 0 Å². The van der Waals surface area contributed by atoms with Crippen LogP contribution >= 0.6 is 11.6 Å². The molecular formula is C67H93ClI2N5NaO16. The number of ether oxygens (including phenoxy) is 6. The van der Waals surface area contributed by atoms with Gasteiger partial charge in [0.2, 0.25) is 0 Å². The molecule has 0 radical (unpaired) electrons. The number of rotatable bonds is 18. The molecule has 1 N–H and O–H groups in total. The molecular weight excluding hydrogens is 1440 g/mol. The summed E-state index contributed by atoms with van der Waals surface area (Å²) in [5.41, 5.74) is 1.04. The first-order chi connectivity index (χ1) is 41.8. The van der Waals surface area contributed by atoms with Crippen molar-refractivity contribution >= 4 is 59.7 Å². The van der Waals surface area contributed by atoms with Gasteiger partial charge in [-0.2, -0.15) is 23.7 Å². The number of piperidine rings is 2. The third-order valence-electron chi connectivity index (χ3n) is 13.6. The number of likely N-dealkylation sites (tertiary alicyclic amines) is 2. The first-order valence-corrected chi connectivity index (χ1v) is 30.3. The van der Waals surface area contributed by atoms with E-state index in [0.717, 1.165) is 45.1 Å². The number of halogens is 3. The fraction of sp³-hybridized carbons (Fsp3) is 0.552. The maximum Gasteiger partial charge on any atom is 1.00 e. The normalized spacial score (nSPS) is 15.6. The Hall–Kier alpha value is -5.21. The molecule has 2 aromatic carbocycles. The molecule has 92 heavy (non-hydrogen) atoms. The molecule has 2 aliphatic rings. The van der Waals surface area contributed by atoms with Gasteiger partial charge in [0.1, 0.15) is 11.2 Å². The van der Waals surface area contributed by atoms with Crippen molar-refractivity contribution in [2.24, 2.45) is 5.92 Å². The number of carbonyl (C=O) groups excluding carboxylic acids is 10. The number of carbonyl (C=O) groups is 6. The maximum absolute atomic E-state index is 13.2. The third-order valence-corrected chi connectivity index (χ3v) is 13.7. The van der Waals surface area contributed by atoms with Gasteiger partial charge < -0.3 is 91.5 Å². The molecule has 2 fully saturated rings. The van der Waals surface area contributed by atoms with Crippen LogP contribution in [0.4, 0.5) is 9.59 Å². The summed E-state index contributed by atoms with van der Waals surface area (Å²) >= 11 is 5.49. The number of aromatic nitrogens is 2. The Morgan fingerprint density at radius 3 is 1.49 bits per heavy atom. The van der Waals surface area contributed by atoms with Crippen molar-refractivity contribution in [2.45, 2.75) is 201 Å². The number of alkyl halides is 1. The van der Waals surface area contributed by atoms with Crippen LogP contribution in [0, 0.1) is 5.92 Å². The molecule has 21 nitrogen and oxygen atoms in total. The van der Waals surface area contributed by atoms with Crippen molar-refractivity contribution in [3.8, 4) is 0 Å². The Bertz CT molecular complexity index is 2870. The summed E-state index contributed by atoms with van der Waals surface area (Å²) in [4.78, 5) is 116. The minimum absolute atomic E-state index is 0. The van der Waals surface area contributed by atoms with E-state index in [0.29, 0.717) is 23.6 Å². The van der Waals surface area contributed by atoms with E-state index in [1.807, 2.05) is 87.7 Å². The summed E-state index contributed by atoms with van der Waals surface area (Å²) in [6, 6.07) is 26.6. The average Bonchev–Trinajstić information content (AvgIpc) is 0.909. The minimum atomic E-state index is -0.888. The summed E-state index contributed by atoms with van der Waals surface area (Å²) in [6.07, 6.45) is 12.4. The largest absolute Gasteiger partial charge is 1.00 e. The number of ketones is 1. The van der Waals surface area contributed by atoms with E-state index in [9.17, 15) is 28.8 Å². The number of esters is 2. The molecule has 6 rings (SSSR count). The predicted octanol–water partition coefficient (Wildman–Crippen LogP) is 2.23. The summed E-state index contributed by atoms with van der Waals surface area (Å²) in [7, 11) is 0. The zero-order chi connectivity index (χ0) is 67.0. The molecule has 6 atom stereocenters. The van der Waals surface area contributed by atoms with Crippen molar-refractivity contribution in [1.82, 2.24) is 20.1 Å². The summed E-state index contributed by atoms with van der Waals surface area (Å²) in [5.74, 6) is -1.84. The van der Waals surface area contributed by atoms with Crippen LogP contribution in [0.25, 0.3) is 0 Å². The number of nitrogens with one attached hydrogen (secondary N) is 1. The zero-order valence-electron chi connectivity index (χ0n) is 56.0. The molecule has 504 valence electrons. The summed E-state index contributed by atoms with van der Waals surface area (Å²) < 4.78 is 34.7. The quantitative estimate of drug-likeness (QED) is 0.0285. The summed E-state index contributed by atoms with van der Waals surface area (Å²) in [5, 5.41) is 2.65. The van der Waals surface area contributed by atoms with Crippen LogP contribution in [0.3, 0.4) is 0 Å². The number of hydrogen-bond acceptors (Lipinski definition) is 17. The van der Waals surface area contributed by atoms with Gasteiger partial charge in [0.15, 0.2) is 30.3 Å². The van der Waals surface area contributed by atoms with E-state index in [-0.39, 0.29) is 158 Å². The van der Waals surface area contributed by atoms with E-state index in [1.165, 1.54) is 17.3 Å². The Morgan fingerprint density at radius 2 is 1.05 bits per heavy atom. The van der Waals surface area contributed by atoms with E-state index in [2.05, 4.69) is 48.4 Å². The average molecular weight is 1540 g/mol. The van der Waals surface area contributed by atoms with Crippen molar-refractivity contribution in [1.29, 1.82) is 0 Å². The smallest absolute Gasteiger partial charge is 1.00 e. The topological polar surface area (TPSA) is 261 Å². The van der Waals surface area contributed by atoms with Gasteiger partial charge in [-0.3, -0.25) is 19.4 Å². The Kier molecular flexibility index (Phi) is 43.7. The molecule has 4 heterocycles. The number of benzene rings is 2. The van der Waals surface area contributed by atoms with Crippen LogP contribution < -0.4 is 87.4 Å². The first kappa shape index (κ1) is 88.8. The van der Waals surface area contributed by atoms with Gasteiger partial charge in [0, 0.05) is 61.9 Å². The molecule has 0 aliphatic carbocycles. The van der Waals surface area contributed by atoms with E-state index in [1.54, 1.807) is 89.0 Å². The fourth-order valence-electron chi connectivity index (χ4n) is 9.38. The van der Waals surface area contributed by atoms with Gasteiger partial charge in [0.25, 0.3) is 12.6 Å². The van der Waals surface area contributed by atoms with Crippen molar-refractivity contribution in [2.75, 3.05) is 32.4 Å². The van der Waals surface area contributed by atoms with Crippen LogP contribution in [-0.2, 0) is 63.9 Å². The minimum Gasteiger partial charge on any atom is -1.00 e. The molecule has 2 saturated heterocycles. The molecule has 2 aromatic heterocycles. The zero-order valence-corrected chi connectivity index (χ0v) is 63.1. The van der Waals surface area contributed by atoms with E-state index >= 15 is 0 Å². The third kappa shape index (κ3) is 35.9. The second-order valence-electron chi connectivity index (χ2n) is 25.2. The first-order valence-electron chi connectivity index (χ1n) is 29.8. The molecule has 0 spiro atoms. The van der Waals surface area contributed by atoms with E-state index < -0.39 is 52.2 Å². The maximum atomic E-state index is 13.2. The monoisotopic (exact) mass is 1540 g/mol. The number of hydrogen-bond donors (Lipinski definition) is 1. The van der Waals surface area contributed by atoms with Gasteiger partial charge >= 0.3 is 66.0 Å². The van der Waals surface area contributed by atoms with E-state index in [4.69, 9.17) is 59.2 Å². The second kappa shape index (κ2) is 45.2. The SMILES string of the molecule is CC(C)(C)OC[C@H](NC(=O)c1cccnc1)C(=O)OC(C)(C)C.C[C@H](c1ccccc1)C1CCCCN1C(=O)OCCl.C[C@H](c1ccccc1)C1CCCCN1C(=O)OC[n+]1cccc(C(=O)C[C@@H](COC(C)(C)C)C(=O)OC(C)(C)C)c1.O=C=O.O=C=O.[I-].[I-].[Na+].